The summed E-state index contributed by atoms with van der Waals surface area (Å²) >= 11 is 0. The van der Waals surface area contributed by atoms with E-state index in [-0.39, 0.29) is 24.4 Å². The largest absolute Gasteiger partial charge is 0.497 e. The van der Waals surface area contributed by atoms with E-state index in [1.807, 2.05) is 38.2 Å². The summed E-state index contributed by atoms with van der Waals surface area (Å²) in [5, 5.41) is 12.8. The van der Waals surface area contributed by atoms with Crippen LogP contribution in [0.25, 0.3) is 11.3 Å². The number of rotatable bonds is 6. The molecule has 1 heterocycles. The zero-order valence-electron chi connectivity index (χ0n) is 12.8. The van der Waals surface area contributed by atoms with Crippen LogP contribution in [-0.2, 0) is 0 Å². The van der Waals surface area contributed by atoms with Crippen molar-refractivity contribution < 1.29 is 9.53 Å². The summed E-state index contributed by atoms with van der Waals surface area (Å²) in [6.07, 6.45) is 1.54. The van der Waals surface area contributed by atoms with E-state index in [1.165, 1.54) is 0 Å². The van der Waals surface area contributed by atoms with E-state index in [0.29, 0.717) is 17.8 Å². The third kappa shape index (κ3) is 4.22. The Morgan fingerprint density at radius 1 is 1.36 bits per heavy atom. The summed E-state index contributed by atoms with van der Waals surface area (Å²) in [6, 6.07) is 7.69. The van der Waals surface area contributed by atoms with E-state index in [2.05, 4.69) is 20.8 Å². The van der Waals surface area contributed by atoms with Gasteiger partial charge < -0.3 is 15.4 Å². The summed E-state index contributed by atoms with van der Waals surface area (Å²) in [4.78, 5) is 12.2. The number of carbonyl (C=O) groups excluding carboxylic acids is 1. The molecule has 0 bridgehead atoms. The fourth-order valence-electron chi connectivity index (χ4n) is 1.88. The van der Waals surface area contributed by atoms with Crippen LogP contribution in [0.4, 0.5) is 0 Å². The van der Waals surface area contributed by atoms with E-state index in [0.717, 1.165) is 11.3 Å². The van der Waals surface area contributed by atoms with Gasteiger partial charge in [-0.25, -0.2) is 0 Å². The van der Waals surface area contributed by atoms with Crippen LogP contribution >= 0.6 is 12.4 Å². The van der Waals surface area contributed by atoms with Gasteiger partial charge in [-0.3, -0.25) is 9.89 Å². The molecule has 0 aliphatic carbocycles. The maximum atomic E-state index is 12.2. The van der Waals surface area contributed by atoms with Crippen molar-refractivity contribution in [2.75, 3.05) is 20.7 Å². The lowest BCUT2D eigenvalue weighted by molar-refractivity contribution is 0.0951. The van der Waals surface area contributed by atoms with Crippen molar-refractivity contribution in [2.24, 2.45) is 0 Å². The van der Waals surface area contributed by atoms with Gasteiger partial charge in [-0.2, -0.15) is 5.10 Å². The van der Waals surface area contributed by atoms with Crippen LogP contribution in [0.1, 0.15) is 17.3 Å². The third-order valence-corrected chi connectivity index (χ3v) is 3.32. The SMILES string of the molecule is CNC(C)CNC(=O)c1cn[nH]c1-c1ccc(OC)cc1.Cl. The number of methoxy groups -OCH3 is 1. The predicted octanol–water partition coefficient (Wildman–Crippen LogP) is 1.84. The number of H-pyrrole nitrogens is 1. The van der Waals surface area contributed by atoms with Gasteiger partial charge in [0.25, 0.3) is 5.91 Å². The summed E-state index contributed by atoms with van der Waals surface area (Å²) < 4.78 is 5.13. The van der Waals surface area contributed by atoms with Gasteiger partial charge >= 0.3 is 0 Å². The molecule has 1 unspecified atom stereocenters. The van der Waals surface area contributed by atoms with Gasteiger partial charge in [-0.05, 0) is 38.2 Å². The molecule has 6 nitrogen and oxygen atoms in total. The van der Waals surface area contributed by atoms with Crippen LogP contribution in [0.15, 0.2) is 30.5 Å². The van der Waals surface area contributed by atoms with Crippen molar-refractivity contribution >= 4 is 18.3 Å². The Bertz CT molecular complexity index is 598. The second kappa shape index (κ2) is 8.41. The van der Waals surface area contributed by atoms with E-state index < -0.39 is 0 Å². The Morgan fingerprint density at radius 3 is 2.64 bits per heavy atom. The van der Waals surface area contributed by atoms with Gasteiger partial charge in [0.1, 0.15) is 5.75 Å². The number of amides is 1. The van der Waals surface area contributed by atoms with Crippen LogP contribution in [0.3, 0.4) is 0 Å². The molecule has 2 rings (SSSR count). The number of ether oxygens (including phenoxy) is 1. The van der Waals surface area contributed by atoms with Crippen LogP contribution < -0.4 is 15.4 Å². The van der Waals surface area contributed by atoms with Crippen molar-refractivity contribution in [1.82, 2.24) is 20.8 Å². The summed E-state index contributed by atoms with van der Waals surface area (Å²) in [5.74, 6) is 0.628. The minimum absolute atomic E-state index is 0. The summed E-state index contributed by atoms with van der Waals surface area (Å²) in [5.41, 5.74) is 2.12. The van der Waals surface area contributed by atoms with Crippen molar-refractivity contribution in [3.63, 3.8) is 0 Å². The van der Waals surface area contributed by atoms with Crippen molar-refractivity contribution in [3.05, 3.63) is 36.0 Å². The van der Waals surface area contributed by atoms with Crippen LogP contribution in [0.2, 0.25) is 0 Å². The molecular formula is C15H21ClN4O2. The van der Waals surface area contributed by atoms with Crippen LogP contribution in [-0.4, -0.2) is 42.8 Å². The zero-order valence-corrected chi connectivity index (χ0v) is 13.7. The molecule has 22 heavy (non-hydrogen) atoms. The molecule has 1 amide bonds. The van der Waals surface area contributed by atoms with Crippen molar-refractivity contribution in [3.8, 4) is 17.0 Å². The number of halogens is 1. The zero-order chi connectivity index (χ0) is 15.2. The van der Waals surface area contributed by atoms with Gasteiger partial charge in [0, 0.05) is 18.2 Å². The van der Waals surface area contributed by atoms with Gasteiger partial charge in [-0.1, -0.05) is 0 Å². The lowest BCUT2D eigenvalue weighted by Gasteiger charge is -2.11. The lowest BCUT2D eigenvalue weighted by Crippen LogP contribution is -2.37. The maximum Gasteiger partial charge on any atom is 0.255 e. The molecule has 1 aromatic heterocycles. The van der Waals surface area contributed by atoms with Crippen LogP contribution in [0, 0.1) is 0 Å². The summed E-state index contributed by atoms with van der Waals surface area (Å²) in [7, 11) is 3.48. The first-order chi connectivity index (χ1) is 10.2. The molecule has 0 saturated carbocycles. The number of hydrogen-bond donors (Lipinski definition) is 3. The Labute approximate surface area is 136 Å². The van der Waals surface area contributed by atoms with Gasteiger partial charge in [0.2, 0.25) is 0 Å². The molecule has 0 aliphatic heterocycles. The first kappa shape index (κ1) is 18.0. The highest BCUT2D eigenvalue weighted by molar-refractivity contribution is 5.99. The molecule has 0 fully saturated rings. The summed E-state index contributed by atoms with van der Waals surface area (Å²) in [6.45, 7) is 2.56. The first-order valence-corrected chi connectivity index (χ1v) is 6.79. The van der Waals surface area contributed by atoms with Crippen molar-refractivity contribution in [2.45, 2.75) is 13.0 Å². The van der Waals surface area contributed by atoms with E-state index in [1.54, 1.807) is 13.3 Å². The standard InChI is InChI=1S/C15H20N4O2.ClH/c1-10(16-2)8-17-15(20)13-9-18-19-14(13)11-4-6-12(21-3)7-5-11;/h4-7,9-10,16H,8H2,1-3H3,(H,17,20)(H,18,19);1H. The second-order valence-corrected chi connectivity index (χ2v) is 4.79. The van der Waals surface area contributed by atoms with E-state index in [9.17, 15) is 4.79 Å². The van der Waals surface area contributed by atoms with E-state index >= 15 is 0 Å². The maximum absolute atomic E-state index is 12.2. The minimum atomic E-state index is -0.142. The fourth-order valence-corrected chi connectivity index (χ4v) is 1.88. The second-order valence-electron chi connectivity index (χ2n) is 4.79. The molecule has 1 atom stereocenters. The minimum Gasteiger partial charge on any atom is -0.497 e. The van der Waals surface area contributed by atoms with Crippen molar-refractivity contribution in [1.29, 1.82) is 0 Å². The number of nitrogens with zero attached hydrogens (tertiary/aromatic N) is 1. The third-order valence-electron chi connectivity index (χ3n) is 3.32. The number of aromatic amines is 1. The Morgan fingerprint density at radius 2 is 2.05 bits per heavy atom. The van der Waals surface area contributed by atoms with Gasteiger partial charge in [0.05, 0.1) is 24.6 Å². The number of nitrogens with one attached hydrogen (secondary N) is 3. The molecule has 2 aromatic rings. The van der Waals surface area contributed by atoms with E-state index in [4.69, 9.17) is 4.74 Å². The average Bonchev–Trinajstić information content (AvgIpc) is 3.01. The fraction of sp³-hybridized carbons (Fsp3) is 0.333. The molecule has 1 aromatic carbocycles. The smallest absolute Gasteiger partial charge is 0.255 e. The molecular weight excluding hydrogens is 304 g/mol. The van der Waals surface area contributed by atoms with Crippen LogP contribution in [0.5, 0.6) is 5.75 Å². The highest BCUT2D eigenvalue weighted by Gasteiger charge is 2.15. The number of hydrogen-bond acceptors (Lipinski definition) is 4. The Kier molecular flexibility index (Phi) is 6.88. The first-order valence-electron chi connectivity index (χ1n) is 6.79. The number of aromatic nitrogens is 2. The molecule has 0 radical (unpaired) electrons. The Balaban J connectivity index is 0.00000242. The molecule has 3 N–H and O–H groups in total. The van der Waals surface area contributed by atoms with Gasteiger partial charge in [0.15, 0.2) is 0 Å². The monoisotopic (exact) mass is 324 g/mol. The highest BCUT2D eigenvalue weighted by Crippen LogP contribution is 2.23. The molecule has 120 valence electrons. The topological polar surface area (TPSA) is 79.0 Å². The predicted molar refractivity (Wildman–Crippen MR) is 88.7 cm³/mol. The lowest BCUT2D eigenvalue weighted by atomic mass is 10.1. The highest BCUT2D eigenvalue weighted by atomic mass is 35.5. The normalized spacial score (nSPS) is 11.4. The number of carbonyl (C=O) groups is 1. The van der Waals surface area contributed by atoms with Gasteiger partial charge in [-0.15, -0.1) is 12.4 Å². The Hall–Kier alpha value is -2.05. The number of benzene rings is 1. The molecule has 0 saturated heterocycles. The molecule has 0 aliphatic rings. The molecule has 0 spiro atoms. The molecule has 7 heteroatoms. The number of likely N-dealkylation sites (N-methyl/N-ethyl adjacent to an activating group) is 1. The quantitative estimate of drug-likeness (QED) is 0.757. The average molecular weight is 325 g/mol.